The number of aromatic hydroxyl groups is 1. The zero-order valence-corrected chi connectivity index (χ0v) is 15.8. The Labute approximate surface area is 166 Å². The van der Waals surface area contributed by atoms with Gasteiger partial charge < -0.3 is 19.0 Å². The number of fused-ring (bicyclic) bond motifs is 3. The molecule has 7 heteroatoms. The van der Waals surface area contributed by atoms with Crippen molar-refractivity contribution in [2.75, 3.05) is 7.11 Å². The monoisotopic (exact) mass is 396 g/mol. The molecule has 28 heavy (non-hydrogen) atoms. The molecule has 0 saturated heterocycles. The topological polar surface area (TPSA) is 67.4 Å². The van der Waals surface area contributed by atoms with E-state index in [1.165, 1.54) is 0 Å². The maximum Gasteiger partial charge on any atom is 0.246 e. The zero-order valence-electron chi connectivity index (χ0n) is 15.0. The van der Waals surface area contributed by atoms with Crippen molar-refractivity contribution < 1.29 is 19.0 Å². The molecule has 2 aliphatic rings. The highest BCUT2D eigenvalue weighted by atomic mass is 35.5. The molecule has 0 saturated carbocycles. The lowest BCUT2D eigenvalue weighted by Gasteiger charge is -2.37. The molecule has 2 atom stereocenters. The first-order valence-corrected chi connectivity index (χ1v) is 9.25. The van der Waals surface area contributed by atoms with Crippen molar-refractivity contribution >= 4 is 17.3 Å². The lowest BCUT2D eigenvalue weighted by molar-refractivity contribution is -0.0342. The van der Waals surface area contributed by atoms with Crippen LogP contribution in [-0.4, -0.2) is 22.9 Å². The van der Waals surface area contributed by atoms with Gasteiger partial charge in [0.25, 0.3) is 0 Å². The van der Waals surface area contributed by atoms with Gasteiger partial charge in [0.2, 0.25) is 6.23 Å². The number of ether oxygens (including phenoxy) is 2. The van der Waals surface area contributed by atoms with Crippen molar-refractivity contribution in [2.24, 2.45) is 5.10 Å². The fourth-order valence-electron chi connectivity index (χ4n) is 3.77. The Balaban J connectivity index is 1.64. The minimum Gasteiger partial charge on any atom is -0.507 e. The third-order valence-corrected chi connectivity index (χ3v) is 5.29. The van der Waals surface area contributed by atoms with Gasteiger partial charge in [-0.05, 0) is 36.4 Å². The van der Waals surface area contributed by atoms with Gasteiger partial charge in [-0.3, -0.25) is 0 Å². The Morgan fingerprint density at radius 1 is 1.21 bits per heavy atom. The highest BCUT2D eigenvalue weighted by Gasteiger charge is 2.43. The van der Waals surface area contributed by atoms with Gasteiger partial charge in [0.05, 0.1) is 25.1 Å². The Morgan fingerprint density at radius 3 is 2.89 bits per heavy atom. The SMILES string of the molecule is COc1cccc2c1O[C@@H](c1ccco1)N1N=C(c3cc(Cl)ccc3O)C[C@@H]21. The molecule has 6 nitrogen and oxygen atoms in total. The van der Waals surface area contributed by atoms with Crippen molar-refractivity contribution in [1.29, 1.82) is 0 Å². The molecule has 0 spiro atoms. The van der Waals surface area contributed by atoms with Crippen LogP contribution in [0.15, 0.2) is 64.3 Å². The number of methoxy groups -OCH3 is 1. The van der Waals surface area contributed by atoms with Crippen LogP contribution in [0.4, 0.5) is 0 Å². The Kier molecular flexibility index (Phi) is 3.94. The molecule has 0 amide bonds. The Bertz CT molecular complexity index is 1060. The minimum absolute atomic E-state index is 0.0812. The second-order valence-electron chi connectivity index (χ2n) is 6.67. The molecule has 0 bridgehead atoms. The summed E-state index contributed by atoms with van der Waals surface area (Å²) < 4.78 is 17.4. The van der Waals surface area contributed by atoms with E-state index in [2.05, 4.69) is 0 Å². The Morgan fingerprint density at radius 2 is 2.11 bits per heavy atom. The van der Waals surface area contributed by atoms with E-state index in [0.717, 1.165) is 11.3 Å². The fraction of sp³-hybridized carbons (Fsp3) is 0.190. The summed E-state index contributed by atoms with van der Waals surface area (Å²) in [6.07, 6.45) is 1.66. The van der Waals surface area contributed by atoms with Gasteiger partial charge in [-0.15, -0.1) is 0 Å². The first-order chi connectivity index (χ1) is 13.7. The quantitative estimate of drug-likeness (QED) is 0.682. The van der Waals surface area contributed by atoms with Gasteiger partial charge in [0.15, 0.2) is 17.3 Å². The van der Waals surface area contributed by atoms with Crippen LogP contribution in [0, 0.1) is 0 Å². The largest absolute Gasteiger partial charge is 0.507 e. The normalized spacial score (nSPS) is 20.2. The number of phenolic OH excluding ortho intramolecular Hbond substituents is 1. The average Bonchev–Trinajstić information content (AvgIpc) is 3.39. The Hall–Kier alpha value is -3.12. The van der Waals surface area contributed by atoms with E-state index in [4.69, 9.17) is 30.6 Å². The highest BCUT2D eigenvalue weighted by molar-refractivity contribution is 6.31. The second kappa shape index (κ2) is 6.49. The summed E-state index contributed by atoms with van der Waals surface area (Å²) in [5.74, 6) is 2.12. The van der Waals surface area contributed by atoms with E-state index in [1.54, 1.807) is 31.6 Å². The molecule has 2 aliphatic heterocycles. The van der Waals surface area contributed by atoms with Crippen molar-refractivity contribution in [2.45, 2.75) is 18.7 Å². The molecule has 5 rings (SSSR count). The van der Waals surface area contributed by atoms with E-state index >= 15 is 0 Å². The number of nitrogens with zero attached hydrogens (tertiary/aromatic N) is 2. The van der Waals surface area contributed by atoms with Crippen LogP contribution in [0.1, 0.15) is 35.6 Å². The smallest absolute Gasteiger partial charge is 0.246 e. The number of hydrogen-bond donors (Lipinski definition) is 1. The van der Waals surface area contributed by atoms with E-state index in [-0.39, 0.29) is 11.8 Å². The lowest BCUT2D eigenvalue weighted by Crippen LogP contribution is -2.33. The van der Waals surface area contributed by atoms with Crippen LogP contribution in [0.25, 0.3) is 0 Å². The van der Waals surface area contributed by atoms with Gasteiger partial charge >= 0.3 is 0 Å². The number of benzene rings is 2. The summed E-state index contributed by atoms with van der Waals surface area (Å²) in [6, 6.07) is 14.3. The summed E-state index contributed by atoms with van der Waals surface area (Å²) >= 11 is 6.14. The number of rotatable bonds is 3. The minimum atomic E-state index is -0.539. The number of halogens is 1. The number of hydrazone groups is 1. The molecule has 0 fully saturated rings. The third-order valence-electron chi connectivity index (χ3n) is 5.06. The van der Waals surface area contributed by atoms with E-state index in [1.807, 2.05) is 35.3 Å². The number of furan rings is 1. The predicted molar refractivity (Wildman–Crippen MR) is 104 cm³/mol. The maximum absolute atomic E-state index is 10.3. The molecule has 0 radical (unpaired) electrons. The molecule has 3 aromatic rings. The van der Waals surface area contributed by atoms with E-state index in [9.17, 15) is 5.11 Å². The first-order valence-electron chi connectivity index (χ1n) is 8.87. The summed E-state index contributed by atoms with van der Waals surface area (Å²) in [5, 5.41) is 17.5. The van der Waals surface area contributed by atoms with Gasteiger partial charge in [0.1, 0.15) is 5.75 Å². The van der Waals surface area contributed by atoms with Gasteiger partial charge in [-0.25, -0.2) is 5.01 Å². The molecule has 0 aliphatic carbocycles. The molecule has 0 unspecified atom stereocenters. The molecular formula is C21H17ClN2O4. The molecule has 142 valence electrons. The maximum atomic E-state index is 10.3. The summed E-state index contributed by atoms with van der Waals surface area (Å²) in [6.45, 7) is 0. The van der Waals surface area contributed by atoms with Crippen LogP contribution in [-0.2, 0) is 0 Å². The number of para-hydroxylation sites is 1. The fourth-order valence-corrected chi connectivity index (χ4v) is 3.94. The number of hydrogen-bond acceptors (Lipinski definition) is 6. The molecule has 1 N–H and O–H groups in total. The van der Waals surface area contributed by atoms with E-state index in [0.29, 0.717) is 34.3 Å². The van der Waals surface area contributed by atoms with Crippen molar-refractivity contribution in [3.63, 3.8) is 0 Å². The lowest BCUT2D eigenvalue weighted by atomic mass is 9.95. The van der Waals surface area contributed by atoms with Gasteiger partial charge in [0, 0.05) is 22.6 Å². The molecule has 3 heterocycles. The van der Waals surface area contributed by atoms with Gasteiger partial charge in [-0.1, -0.05) is 23.7 Å². The van der Waals surface area contributed by atoms with Crippen LogP contribution >= 0.6 is 11.6 Å². The van der Waals surface area contributed by atoms with Crippen molar-refractivity contribution in [3.05, 3.63) is 76.7 Å². The second-order valence-corrected chi connectivity index (χ2v) is 7.11. The predicted octanol–water partition coefficient (Wildman–Crippen LogP) is 4.89. The number of phenols is 1. The molecular weight excluding hydrogens is 380 g/mol. The summed E-state index contributed by atoms with van der Waals surface area (Å²) in [5.41, 5.74) is 2.33. The summed E-state index contributed by atoms with van der Waals surface area (Å²) in [7, 11) is 1.62. The third kappa shape index (κ3) is 2.60. The van der Waals surface area contributed by atoms with Crippen molar-refractivity contribution in [1.82, 2.24) is 5.01 Å². The first kappa shape index (κ1) is 17.0. The summed E-state index contributed by atoms with van der Waals surface area (Å²) in [4.78, 5) is 0. The van der Waals surface area contributed by atoms with Gasteiger partial charge in [-0.2, -0.15) is 5.10 Å². The standard InChI is InChI=1S/C21H17ClN2O4/c1-26-18-5-2-4-13-16-11-15(14-10-12(22)7-8-17(14)25)23-24(16)21(28-20(13)18)19-6-3-9-27-19/h2-10,16,21,25H,11H2,1H3/t16-,21-/m0/s1. The molecule has 2 aromatic carbocycles. The highest BCUT2D eigenvalue weighted by Crippen LogP contribution is 2.51. The van der Waals surface area contributed by atoms with Crippen LogP contribution < -0.4 is 9.47 Å². The zero-order chi connectivity index (χ0) is 19.3. The van der Waals surface area contributed by atoms with Crippen LogP contribution in [0.2, 0.25) is 5.02 Å². The average molecular weight is 397 g/mol. The van der Waals surface area contributed by atoms with Crippen LogP contribution in [0.3, 0.4) is 0 Å². The van der Waals surface area contributed by atoms with Crippen LogP contribution in [0.5, 0.6) is 17.2 Å². The van der Waals surface area contributed by atoms with Crippen molar-refractivity contribution in [3.8, 4) is 17.2 Å². The van der Waals surface area contributed by atoms with E-state index < -0.39 is 6.23 Å². The molecule has 1 aromatic heterocycles.